The standard InChI is InChI=1S/C13H26N2/c1-10(2)12-7-14(5)9-15(6)8-13(12)11(3)4/h10-11H,7-9H2,1-6H3. The second-order valence-electron chi connectivity index (χ2n) is 5.53. The molecule has 0 aromatic carbocycles. The van der Waals surface area contributed by atoms with Crippen LogP contribution in [-0.4, -0.2) is 43.7 Å². The van der Waals surface area contributed by atoms with E-state index in [0.717, 1.165) is 19.8 Å². The van der Waals surface area contributed by atoms with Crippen LogP contribution in [0, 0.1) is 11.8 Å². The molecule has 0 aromatic heterocycles. The fourth-order valence-corrected chi connectivity index (χ4v) is 2.40. The van der Waals surface area contributed by atoms with Gasteiger partial charge in [-0.15, -0.1) is 0 Å². The quantitative estimate of drug-likeness (QED) is 0.646. The highest BCUT2D eigenvalue weighted by Gasteiger charge is 2.20. The lowest BCUT2D eigenvalue weighted by Gasteiger charge is -2.21. The van der Waals surface area contributed by atoms with Crippen LogP contribution in [0.4, 0.5) is 0 Å². The molecule has 2 nitrogen and oxygen atoms in total. The Labute approximate surface area is 94.9 Å². The summed E-state index contributed by atoms with van der Waals surface area (Å²) in [7, 11) is 4.42. The number of rotatable bonds is 2. The highest BCUT2D eigenvalue weighted by molar-refractivity contribution is 5.22. The Morgan fingerprint density at radius 1 is 0.800 bits per heavy atom. The van der Waals surface area contributed by atoms with Gasteiger partial charge in [0.15, 0.2) is 0 Å². The van der Waals surface area contributed by atoms with Crippen molar-refractivity contribution in [2.45, 2.75) is 27.7 Å². The number of hydrogen-bond acceptors (Lipinski definition) is 2. The fraction of sp³-hybridized carbons (Fsp3) is 0.846. The summed E-state index contributed by atoms with van der Waals surface area (Å²) >= 11 is 0. The molecular weight excluding hydrogens is 184 g/mol. The van der Waals surface area contributed by atoms with Gasteiger partial charge in [0.1, 0.15) is 0 Å². The molecule has 0 unspecified atom stereocenters. The lowest BCUT2D eigenvalue weighted by atomic mass is 9.90. The SMILES string of the molecule is CC(C)C1=C(C(C)C)CN(C)CN(C)C1. The minimum absolute atomic E-state index is 0.677. The van der Waals surface area contributed by atoms with Crippen molar-refractivity contribution >= 4 is 0 Å². The first-order chi connectivity index (χ1) is 6.91. The van der Waals surface area contributed by atoms with E-state index in [-0.39, 0.29) is 0 Å². The van der Waals surface area contributed by atoms with Crippen LogP contribution >= 0.6 is 0 Å². The van der Waals surface area contributed by atoms with Crippen molar-refractivity contribution in [3.8, 4) is 0 Å². The Morgan fingerprint density at radius 3 is 1.40 bits per heavy atom. The van der Waals surface area contributed by atoms with Gasteiger partial charge in [-0.1, -0.05) is 38.8 Å². The highest BCUT2D eigenvalue weighted by Crippen LogP contribution is 2.25. The molecule has 0 saturated heterocycles. The van der Waals surface area contributed by atoms with E-state index >= 15 is 0 Å². The number of likely N-dealkylation sites (N-methyl/N-ethyl adjacent to an activating group) is 2. The summed E-state index contributed by atoms with van der Waals surface area (Å²) in [6.07, 6.45) is 0. The normalized spacial score (nSPS) is 21.6. The Hall–Kier alpha value is -0.340. The van der Waals surface area contributed by atoms with Crippen LogP contribution in [0.15, 0.2) is 11.1 Å². The summed E-state index contributed by atoms with van der Waals surface area (Å²) in [4.78, 5) is 4.81. The predicted molar refractivity (Wildman–Crippen MR) is 66.8 cm³/mol. The van der Waals surface area contributed by atoms with Gasteiger partial charge in [0.05, 0.1) is 6.67 Å². The lowest BCUT2D eigenvalue weighted by Crippen LogP contribution is -2.32. The molecule has 1 aliphatic rings. The number of hydrogen-bond donors (Lipinski definition) is 0. The first-order valence-electron chi connectivity index (χ1n) is 6.00. The first-order valence-corrected chi connectivity index (χ1v) is 6.00. The molecule has 0 bridgehead atoms. The molecule has 0 radical (unpaired) electrons. The second-order valence-corrected chi connectivity index (χ2v) is 5.53. The van der Waals surface area contributed by atoms with Crippen LogP contribution in [0.2, 0.25) is 0 Å². The molecule has 0 saturated carbocycles. The summed E-state index contributed by atoms with van der Waals surface area (Å²) in [6, 6.07) is 0. The van der Waals surface area contributed by atoms with Gasteiger partial charge in [-0.3, -0.25) is 9.80 Å². The third-order valence-electron chi connectivity index (χ3n) is 3.17. The van der Waals surface area contributed by atoms with Crippen molar-refractivity contribution in [2.24, 2.45) is 11.8 Å². The molecule has 0 fully saturated rings. The average Bonchev–Trinajstić information content (AvgIpc) is 2.23. The van der Waals surface area contributed by atoms with Crippen molar-refractivity contribution in [1.82, 2.24) is 9.80 Å². The minimum Gasteiger partial charge on any atom is -0.290 e. The maximum Gasteiger partial charge on any atom is 0.0506 e. The molecule has 2 heteroatoms. The predicted octanol–water partition coefficient (Wildman–Crippen LogP) is 2.43. The Bertz CT molecular complexity index is 217. The number of nitrogens with zero attached hydrogens (tertiary/aromatic N) is 2. The summed E-state index contributed by atoms with van der Waals surface area (Å²) < 4.78 is 0. The molecule has 0 N–H and O–H groups in total. The van der Waals surface area contributed by atoms with Crippen molar-refractivity contribution in [3.63, 3.8) is 0 Å². The van der Waals surface area contributed by atoms with E-state index in [1.165, 1.54) is 0 Å². The zero-order valence-corrected chi connectivity index (χ0v) is 11.2. The topological polar surface area (TPSA) is 6.48 Å². The van der Waals surface area contributed by atoms with Crippen molar-refractivity contribution in [2.75, 3.05) is 33.9 Å². The van der Waals surface area contributed by atoms with E-state index in [9.17, 15) is 0 Å². The van der Waals surface area contributed by atoms with Crippen molar-refractivity contribution < 1.29 is 0 Å². The molecule has 88 valence electrons. The first kappa shape index (κ1) is 12.7. The van der Waals surface area contributed by atoms with Crippen LogP contribution in [0.1, 0.15) is 27.7 Å². The van der Waals surface area contributed by atoms with Gasteiger partial charge in [-0.2, -0.15) is 0 Å². The molecular formula is C13H26N2. The zero-order valence-electron chi connectivity index (χ0n) is 11.2. The van der Waals surface area contributed by atoms with Crippen LogP contribution in [0.25, 0.3) is 0 Å². The van der Waals surface area contributed by atoms with Gasteiger partial charge in [0.25, 0.3) is 0 Å². The largest absolute Gasteiger partial charge is 0.290 e. The molecule has 1 rings (SSSR count). The Balaban J connectivity index is 2.99. The summed E-state index contributed by atoms with van der Waals surface area (Å²) in [5, 5.41) is 0. The van der Waals surface area contributed by atoms with Gasteiger partial charge in [0.2, 0.25) is 0 Å². The van der Waals surface area contributed by atoms with E-state index in [1.807, 2.05) is 0 Å². The lowest BCUT2D eigenvalue weighted by molar-refractivity contribution is 0.212. The van der Waals surface area contributed by atoms with Crippen molar-refractivity contribution in [3.05, 3.63) is 11.1 Å². The summed E-state index contributed by atoms with van der Waals surface area (Å²) in [5.74, 6) is 1.35. The Kier molecular flexibility index (Phi) is 4.35. The van der Waals surface area contributed by atoms with E-state index in [1.54, 1.807) is 11.1 Å². The molecule has 1 aliphatic heterocycles. The fourth-order valence-electron chi connectivity index (χ4n) is 2.40. The van der Waals surface area contributed by atoms with Crippen LogP contribution < -0.4 is 0 Å². The highest BCUT2D eigenvalue weighted by atomic mass is 15.3. The molecule has 0 amide bonds. The van der Waals surface area contributed by atoms with Gasteiger partial charge in [0, 0.05) is 13.1 Å². The smallest absolute Gasteiger partial charge is 0.0506 e. The molecule has 1 heterocycles. The van der Waals surface area contributed by atoms with Crippen molar-refractivity contribution in [1.29, 1.82) is 0 Å². The minimum atomic E-state index is 0.677. The van der Waals surface area contributed by atoms with Gasteiger partial charge in [-0.05, 0) is 25.9 Å². The van der Waals surface area contributed by atoms with E-state index in [0.29, 0.717) is 11.8 Å². The van der Waals surface area contributed by atoms with Gasteiger partial charge in [-0.25, -0.2) is 0 Å². The molecule has 0 spiro atoms. The third-order valence-corrected chi connectivity index (χ3v) is 3.17. The van der Waals surface area contributed by atoms with Crippen LogP contribution in [0.5, 0.6) is 0 Å². The Morgan fingerprint density at radius 2 is 1.13 bits per heavy atom. The maximum absolute atomic E-state index is 2.41. The third kappa shape index (κ3) is 3.32. The second kappa shape index (κ2) is 5.13. The van der Waals surface area contributed by atoms with Gasteiger partial charge >= 0.3 is 0 Å². The molecule has 0 aliphatic carbocycles. The molecule has 15 heavy (non-hydrogen) atoms. The maximum atomic E-state index is 2.41. The van der Waals surface area contributed by atoms with Crippen LogP contribution in [0.3, 0.4) is 0 Å². The molecule has 0 atom stereocenters. The van der Waals surface area contributed by atoms with Crippen LogP contribution in [-0.2, 0) is 0 Å². The molecule has 0 aromatic rings. The van der Waals surface area contributed by atoms with Gasteiger partial charge < -0.3 is 0 Å². The summed E-state index contributed by atoms with van der Waals surface area (Å²) in [5.41, 5.74) is 3.30. The average molecular weight is 210 g/mol. The van der Waals surface area contributed by atoms with E-state index in [4.69, 9.17) is 0 Å². The summed E-state index contributed by atoms with van der Waals surface area (Å²) in [6.45, 7) is 12.6. The zero-order chi connectivity index (χ0) is 11.6. The van der Waals surface area contributed by atoms with E-state index < -0.39 is 0 Å². The van der Waals surface area contributed by atoms with E-state index in [2.05, 4.69) is 51.6 Å². The monoisotopic (exact) mass is 210 g/mol.